The van der Waals surface area contributed by atoms with Crippen molar-refractivity contribution in [2.24, 2.45) is 0 Å². The third-order valence-electron chi connectivity index (χ3n) is 2.49. The molecule has 1 aromatic rings. The zero-order valence-electron chi connectivity index (χ0n) is 9.63. The first-order chi connectivity index (χ1) is 8.38. The lowest BCUT2D eigenvalue weighted by atomic mass is 9.96. The van der Waals surface area contributed by atoms with Gasteiger partial charge in [0.05, 0.1) is 11.4 Å². The number of alkyl halides is 1. The largest absolute Gasteiger partial charge is 0.479 e. The molecular weight excluding hydrogens is 304 g/mol. The van der Waals surface area contributed by atoms with Crippen LogP contribution >= 0.6 is 15.9 Å². The lowest BCUT2D eigenvalue weighted by Gasteiger charge is -2.16. The number of rotatable bonds is 5. The Labute approximate surface area is 112 Å². The highest BCUT2D eigenvalue weighted by atomic mass is 79.9. The van der Waals surface area contributed by atoms with Crippen LogP contribution in [0.2, 0.25) is 0 Å². The van der Waals surface area contributed by atoms with Crippen LogP contribution in [0, 0.1) is 0 Å². The van der Waals surface area contributed by atoms with E-state index in [0.717, 1.165) is 0 Å². The van der Waals surface area contributed by atoms with Gasteiger partial charge >= 0.3 is 5.97 Å². The summed E-state index contributed by atoms with van der Waals surface area (Å²) in [5.41, 5.74) is 1.03. The van der Waals surface area contributed by atoms with Crippen molar-refractivity contribution in [3.63, 3.8) is 0 Å². The number of aliphatic hydroxyl groups excluding tert-OH is 2. The molecular formula is C12H13BrO5. The number of benzene rings is 1. The van der Waals surface area contributed by atoms with E-state index in [0.29, 0.717) is 11.1 Å². The highest BCUT2D eigenvalue weighted by Crippen LogP contribution is 2.31. The van der Waals surface area contributed by atoms with Gasteiger partial charge in [-0.2, -0.15) is 0 Å². The minimum Gasteiger partial charge on any atom is -0.479 e. The van der Waals surface area contributed by atoms with Gasteiger partial charge in [-0.15, -0.1) is 0 Å². The number of carboxylic acids is 1. The molecule has 18 heavy (non-hydrogen) atoms. The first-order valence-corrected chi connectivity index (χ1v) is 6.09. The van der Waals surface area contributed by atoms with Crippen molar-refractivity contribution in [3.05, 3.63) is 34.9 Å². The predicted molar refractivity (Wildman–Crippen MR) is 67.3 cm³/mol. The summed E-state index contributed by atoms with van der Waals surface area (Å²) < 4.78 is 0. The second-order valence-corrected chi connectivity index (χ2v) is 4.75. The molecule has 0 radical (unpaired) electrons. The zero-order valence-corrected chi connectivity index (χ0v) is 11.2. The van der Waals surface area contributed by atoms with Gasteiger partial charge in [-0.25, -0.2) is 4.79 Å². The van der Waals surface area contributed by atoms with Crippen molar-refractivity contribution in [2.75, 3.05) is 0 Å². The van der Waals surface area contributed by atoms with E-state index < -0.39 is 16.9 Å². The maximum absolute atomic E-state index is 11.4. The Hall–Kier alpha value is -1.24. The van der Waals surface area contributed by atoms with Crippen LogP contribution in [-0.2, 0) is 16.2 Å². The maximum atomic E-state index is 11.4. The summed E-state index contributed by atoms with van der Waals surface area (Å²) >= 11 is 3.15. The Morgan fingerprint density at radius 3 is 2.39 bits per heavy atom. The van der Waals surface area contributed by atoms with Gasteiger partial charge in [0.15, 0.2) is 6.10 Å². The number of halogens is 1. The summed E-state index contributed by atoms with van der Waals surface area (Å²) in [6.07, 6.45) is -1.70. The summed E-state index contributed by atoms with van der Waals surface area (Å²) in [5, 5.41) is 27.4. The Morgan fingerprint density at radius 1 is 1.33 bits per heavy atom. The molecule has 2 unspecified atom stereocenters. The van der Waals surface area contributed by atoms with E-state index in [4.69, 9.17) is 10.2 Å². The van der Waals surface area contributed by atoms with Gasteiger partial charge in [0.2, 0.25) is 0 Å². The number of Topliss-reactive ketones (excluding diaryl/α,β-unsaturated/α-hetero) is 1. The van der Waals surface area contributed by atoms with E-state index in [1.807, 2.05) is 0 Å². The standard InChI is InChI=1S/C12H13BrO5/c1-6(15)10(13)9-4-7(5-14)2-3-8(9)11(16)12(17)18/h2-4,10-11,14,16H,5H2,1H3,(H,17,18). The van der Waals surface area contributed by atoms with Gasteiger partial charge in [0, 0.05) is 0 Å². The zero-order chi connectivity index (χ0) is 13.9. The van der Waals surface area contributed by atoms with Crippen LogP contribution in [0.4, 0.5) is 0 Å². The smallest absolute Gasteiger partial charge is 0.337 e. The SMILES string of the molecule is CC(=O)C(Br)c1cc(CO)ccc1C(O)C(=O)O. The number of aliphatic carboxylic acids is 1. The van der Waals surface area contributed by atoms with Crippen molar-refractivity contribution in [1.29, 1.82) is 0 Å². The fourth-order valence-electron chi connectivity index (χ4n) is 1.54. The molecule has 0 fully saturated rings. The second kappa shape index (κ2) is 6.08. The molecule has 0 saturated carbocycles. The maximum Gasteiger partial charge on any atom is 0.337 e. The predicted octanol–water partition coefficient (Wildman–Crippen LogP) is 1.32. The van der Waals surface area contributed by atoms with Gasteiger partial charge in [0.1, 0.15) is 5.78 Å². The minimum atomic E-state index is -1.70. The third-order valence-corrected chi connectivity index (χ3v) is 3.63. The second-order valence-electron chi connectivity index (χ2n) is 3.84. The summed E-state index contributed by atoms with van der Waals surface area (Å²) in [4.78, 5) is 21.4. The molecule has 2 atom stereocenters. The van der Waals surface area contributed by atoms with Crippen molar-refractivity contribution in [2.45, 2.75) is 24.5 Å². The Morgan fingerprint density at radius 2 is 1.94 bits per heavy atom. The molecule has 0 saturated heterocycles. The summed E-state index contributed by atoms with van der Waals surface area (Å²) in [5.74, 6) is -1.61. The molecule has 98 valence electrons. The van der Waals surface area contributed by atoms with Crippen LogP contribution in [0.3, 0.4) is 0 Å². The lowest BCUT2D eigenvalue weighted by molar-refractivity contribution is -0.147. The number of carboxylic acid groups (broad SMARTS) is 1. The van der Waals surface area contributed by atoms with Gasteiger partial charge < -0.3 is 15.3 Å². The number of ketones is 1. The van der Waals surface area contributed by atoms with E-state index in [2.05, 4.69) is 15.9 Å². The molecule has 0 aliphatic carbocycles. The summed E-state index contributed by atoms with van der Waals surface area (Å²) in [6.45, 7) is 1.12. The highest BCUT2D eigenvalue weighted by Gasteiger charge is 2.24. The first kappa shape index (κ1) is 14.8. The van der Waals surface area contributed by atoms with E-state index in [9.17, 15) is 14.7 Å². The lowest BCUT2D eigenvalue weighted by Crippen LogP contribution is -2.15. The van der Waals surface area contributed by atoms with Crippen LogP contribution in [0.25, 0.3) is 0 Å². The van der Waals surface area contributed by atoms with Crippen LogP contribution in [0.1, 0.15) is 34.5 Å². The summed E-state index contributed by atoms with van der Waals surface area (Å²) in [7, 11) is 0. The molecule has 0 bridgehead atoms. The fourth-order valence-corrected chi connectivity index (χ4v) is 1.94. The molecule has 0 amide bonds. The van der Waals surface area contributed by atoms with Gasteiger partial charge in [-0.1, -0.05) is 34.1 Å². The van der Waals surface area contributed by atoms with Crippen molar-refractivity contribution < 1.29 is 24.9 Å². The van der Waals surface area contributed by atoms with E-state index in [-0.39, 0.29) is 18.0 Å². The monoisotopic (exact) mass is 316 g/mol. The van der Waals surface area contributed by atoms with E-state index in [1.54, 1.807) is 0 Å². The number of hydrogen-bond donors (Lipinski definition) is 3. The molecule has 0 aliphatic rings. The van der Waals surface area contributed by atoms with Gasteiger partial charge in [0.25, 0.3) is 0 Å². The number of aliphatic hydroxyl groups is 2. The number of carbonyl (C=O) groups is 2. The molecule has 3 N–H and O–H groups in total. The molecule has 0 aliphatic heterocycles. The number of hydrogen-bond acceptors (Lipinski definition) is 4. The topological polar surface area (TPSA) is 94.8 Å². The molecule has 1 aromatic carbocycles. The Bertz CT molecular complexity index is 472. The van der Waals surface area contributed by atoms with Crippen LogP contribution < -0.4 is 0 Å². The van der Waals surface area contributed by atoms with Gasteiger partial charge in [-0.3, -0.25) is 4.79 Å². The van der Waals surface area contributed by atoms with Crippen molar-refractivity contribution in [1.82, 2.24) is 0 Å². The molecule has 0 spiro atoms. The molecule has 0 aromatic heterocycles. The summed E-state index contributed by atoms with van der Waals surface area (Å²) in [6, 6.07) is 4.41. The molecule has 6 heteroatoms. The minimum absolute atomic E-state index is 0.136. The van der Waals surface area contributed by atoms with Crippen molar-refractivity contribution >= 4 is 27.7 Å². The Kier molecular flexibility index (Phi) is 5.01. The number of carbonyl (C=O) groups excluding carboxylic acids is 1. The van der Waals surface area contributed by atoms with Crippen molar-refractivity contribution in [3.8, 4) is 0 Å². The normalized spacial score (nSPS) is 14.0. The van der Waals surface area contributed by atoms with E-state index >= 15 is 0 Å². The third kappa shape index (κ3) is 3.16. The van der Waals surface area contributed by atoms with Crippen LogP contribution in [0.5, 0.6) is 0 Å². The molecule has 0 heterocycles. The average Bonchev–Trinajstić information content (AvgIpc) is 2.35. The van der Waals surface area contributed by atoms with E-state index in [1.165, 1.54) is 25.1 Å². The van der Waals surface area contributed by atoms with Crippen LogP contribution in [0.15, 0.2) is 18.2 Å². The molecule has 1 rings (SSSR count). The molecule has 5 nitrogen and oxygen atoms in total. The van der Waals surface area contributed by atoms with Crippen LogP contribution in [-0.4, -0.2) is 27.1 Å². The van der Waals surface area contributed by atoms with Gasteiger partial charge in [-0.05, 0) is 23.6 Å². The average molecular weight is 317 g/mol. The first-order valence-electron chi connectivity index (χ1n) is 5.17. The fraction of sp³-hybridized carbons (Fsp3) is 0.333. The Balaban J connectivity index is 3.33. The quantitative estimate of drug-likeness (QED) is 0.712. The highest BCUT2D eigenvalue weighted by molar-refractivity contribution is 9.09.